The molecule has 0 radical (unpaired) electrons. The third-order valence-electron chi connectivity index (χ3n) is 14.5. The molecule has 3 aromatic heterocycles. The number of methoxy groups -OCH3 is 3. The molecule has 8 bridgehead atoms. The molecule has 6 aromatic rings. The van der Waals surface area contributed by atoms with E-state index in [1.165, 1.54) is 14.2 Å². The average molecular weight is 935 g/mol. The number of allylic oxidation sites excluding steroid dienone is 5. The Labute approximate surface area is 408 Å². The van der Waals surface area contributed by atoms with Crippen LogP contribution in [0.5, 0.6) is 5.75 Å². The smallest absolute Gasteiger partial charge is 0.338 e. The Morgan fingerprint density at radius 3 is 1.84 bits per heavy atom. The number of carbonyl (C=O) groups is 3. The number of nitrogens with zero attached hydrogens (tertiary/aromatic N) is 2. The molecule has 3 aromatic carbocycles. The van der Waals surface area contributed by atoms with Crippen LogP contribution < -0.4 is 4.74 Å². The molecule has 2 N–H and O–H groups in total. The number of H-pyrrole nitrogens is 2. The fraction of sp³-hybridized carbons (Fsp3) is 0.271. The van der Waals surface area contributed by atoms with E-state index in [9.17, 15) is 14.4 Å². The summed E-state index contributed by atoms with van der Waals surface area (Å²) in [6.45, 7) is 14.9. The van der Waals surface area contributed by atoms with Gasteiger partial charge in [-0.3, -0.25) is 9.78 Å². The summed E-state index contributed by atoms with van der Waals surface area (Å²) in [4.78, 5) is 60.3. The number of carbonyl (C=O) groups excluding carboxylic acids is 3. The normalized spacial score (nSPS) is 16.3. The summed E-state index contributed by atoms with van der Waals surface area (Å²) < 4.78 is 22.2. The minimum Gasteiger partial charge on any atom is -0.497 e. The number of aromatic amines is 2. The zero-order chi connectivity index (χ0) is 49.6. The lowest BCUT2D eigenvalue weighted by atomic mass is 9.64. The molecule has 5 heterocycles. The summed E-state index contributed by atoms with van der Waals surface area (Å²) in [6.07, 6.45) is 5.66. The van der Waals surface area contributed by atoms with Crippen molar-refractivity contribution >= 4 is 56.7 Å². The van der Waals surface area contributed by atoms with Crippen molar-refractivity contribution in [2.75, 3.05) is 21.3 Å². The Hall–Kier alpha value is -7.79. The Morgan fingerprint density at radius 2 is 1.27 bits per heavy atom. The van der Waals surface area contributed by atoms with Crippen LogP contribution in [0, 0.1) is 19.8 Å². The van der Waals surface area contributed by atoms with Gasteiger partial charge in [0.05, 0.1) is 71.7 Å². The molecule has 2 aliphatic heterocycles. The molecule has 9 rings (SSSR count). The molecule has 0 spiro atoms. The maximum atomic E-state index is 14.3. The van der Waals surface area contributed by atoms with Gasteiger partial charge in [0.25, 0.3) is 0 Å². The molecule has 70 heavy (non-hydrogen) atoms. The second-order valence-electron chi connectivity index (χ2n) is 18.1. The molecule has 2 atom stereocenters. The molecular weight excluding hydrogens is 877 g/mol. The molecule has 11 heteroatoms. The quantitative estimate of drug-likeness (QED) is 0.0957. The van der Waals surface area contributed by atoms with Crippen molar-refractivity contribution in [1.82, 2.24) is 19.9 Å². The van der Waals surface area contributed by atoms with Crippen LogP contribution in [0.2, 0.25) is 0 Å². The highest BCUT2D eigenvalue weighted by Crippen LogP contribution is 2.55. The largest absolute Gasteiger partial charge is 0.497 e. The number of rotatable bonds is 11. The van der Waals surface area contributed by atoms with E-state index < -0.39 is 29.2 Å². The summed E-state index contributed by atoms with van der Waals surface area (Å²) in [5.41, 5.74) is 17.2. The van der Waals surface area contributed by atoms with Crippen molar-refractivity contribution in [2.45, 2.75) is 79.8 Å². The summed E-state index contributed by atoms with van der Waals surface area (Å²) in [6, 6.07) is 29.3. The van der Waals surface area contributed by atoms with Gasteiger partial charge < -0.3 is 28.9 Å². The number of esters is 3. The van der Waals surface area contributed by atoms with Gasteiger partial charge >= 0.3 is 17.9 Å². The van der Waals surface area contributed by atoms with Crippen LogP contribution in [0.4, 0.5) is 0 Å². The van der Waals surface area contributed by atoms with E-state index in [1.807, 2.05) is 97.9 Å². The van der Waals surface area contributed by atoms with E-state index in [2.05, 4.69) is 57.6 Å². The van der Waals surface area contributed by atoms with Crippen LogP contribution in [-0.2, 0) is 48.7 Å². The van der Waals surface area contributed by atoms with E-state index in [-0.39, 0.29) is 12.2 Å². The highest BCUT2D eigenvalue weighted by molar-refractivity contribution is 6.05. The summed E-state index contributed by atoms with van der Waals surface area (Å²) in [5.74, 6) is -2.04. The van der Waals surface area contributed by atoms with E-state index in [4.69, 9.17) is 28.9 Å². The molecule has 356 valence electrons. The van der Waals surface area contributed by atoms with E-state index >= 15 is 0 Å². The third-order valence-corrected chi connectivity index (χ3v) is 14.5. The first-order valence-corrected chi connectivity index (χ1v) is 23.9. The fourth-order valence-corrected chi connectivity index (χ4v) is 10.7. The zero-order valence-electron chi connectivity index (χ0n) is 41.5. The number of benzene rings is 3. The van der Waals surface area contributed by atoms with Gasteiger partial charge in [0.1, 0.15) is 18.3 Å². The van der Waals surface area contributed by atoms with Crippen molar-refractivity contribution in [2.24, 2.45) is 5.92 Å². The number of aromatic nitrogens is 4. The number of hydrogen-bond acceptors (Lipinski definition) is 9. The summed E-state index contributed by atoms with van der Waals surface area (Å²) in [7, 11) is 4.29. The molecule has 11 nitrogen and oxygen atoms in total. The number of aryl methyl sites for hydroxylation is 4. The second-order valence-corrected chi connectivity index (χ2v) is 18.1. The van der Waals surface area contributed by atoms with Gasteiger partial charge in [0.2, 0.25) is 0 Å². The first-order valence-electron chi connectivity index (χ1n) is 23.9. The Balaban J connectivity index is 1.42. The van der Waals surface area contributed by atoms with Crippen molar-refractivity contribution in [3.05, 3.63) is 165 Å². The zero-order valence-corrected chi connectivity index (χ0v) is 41.5. The number of fused-ring (bicyclic) bond motifs is 11. The Kier molecular flexibility index (Phi) is 12.8. The Morgan fingerprint density at radius 1 is 0.671 bits per heavy atom. The van der Waals surface area contributed by atoms with Gasteiger partial charge in [0.15, 0.2) is 0 Å². The predicted molar refractivity (Wildman–Crippen MR) is 276 cm³/mol. The minimum absolute atomic E-state index is 0.166. The third kappa shape index (κ3) is 7.83. The van der Waals surface area contributed by atoms with Crippen molar-refractivity contribution in [3.63, 3.8) is 0 Å². The molecule has 0 saturated heterocycles. The van der Waals surface area contributed by atoms with Crippen LogP contribution >= 0.6 is 0 Å². The number of nitrogens with one attached hydrogen (secondary N) is 2. The van der Waals surface area contributed by atoms with Crippen molar-refractivity contribution in [1.29, 1.82) is 0 Å². The standard InChI is InChI=1S/C59H58N4O7/c1-11-40-32(4)45-29-46-33(5)41(12-2)54(61-46)50(37-23-25-39(67-8)26-24-37)55-44-28-27-43(57(65)68-9)51(58(66)69-10)59(44,7)48(63-55)30-47-34(6)42(13-3)53(62-47)49(52(40)60-45)36-19-21-38(22-20-36)56(64)70-31-35-17-15-14-16-18-35/h14-30,51,61-62H,11-13,31H2,1-10H3/t51-,59+/m0/s1. The first-order chi connectivity index (χ1) is 33.8. The molecule has 0 amide bonds. The van der Waals surface area contributed by atoms with Gasteiger partial charge in [-0.2, -0.15) is 0 Å². The lowest BCUT2D eigenvalue weighted by Crippen LogP contribution is -2.42. The minimum atomic E-state index is -1.22. The first kappa shape index (κ1) is 47.3. The van der Waals surface area contributed by atoms with Gasteiger partial charge in [-0.1, -0.05) is 87.5 Å². The van der Waals surface area contributed by atoms with Gasteiger partial charge in [-0.05, 0) is 139 Å². The average Bonchev–Trinajstić information content (AvgIpc) is 4.07. The van der Waals surface area contributed by atoms with Gasteiger partial charge in [-0.15, -0.1) is 0 Å². The van der Waals surface area contributed by atoms with Crippen LogP contribution in [0.1, 0.15) is 102 Å². The maximum Gasteiger partial charge on any atom is 0.338 e. The van der Waals surface area contributed by atoms with Crippen LogP contribution in [0.15, 0.2) is 109 Å². The van der Waals surface area contributed by atoms with Crippen molar-refractivity contribution in [3.8, 4) is 28.0 Å². The van der Waals surface area contributed by atoms with Crippen molar-refractivity contribution < 1.29 is 33.3 Å². The maximum absolute atomic E-state index is 14.3. The SMILES string of the molecule is CCC1=C(C)c2cc3[nH]c(c(CC)c3C)c(-c3ccc(OC)cc3)c3nc(cc4[nH]c(c(CC)c4C)c(-c4ccc(C(=O)OCc5ccccc5)cc4)c1n2)[C@@]1(C)C3=CC=C(C(=O)OC)[C@H]1C(=O)OC. The van der Waals surface area contributed by atoms with Gasteiger partial charge in [0, 0.05) is 22.2 Å². The van der Waals surface area contributed by atoms with Crippen LogP contribution in [-0.4, -0.2) is 59.2 Å². The van der Waals surface area contributed by atoms with Gasteiger partial charge in [-0.25, -0.2) is 14.6 Å². The molecular formula is C59H58N4O7. The second kappa shape index (κ2) is 19.0. The van der Waals surface area contributed by atoms with E-state index in [0.717, 1.165) is 100 Å². The number of ether oxygens (including phenoxy) is 4. The Bertz CT molecular complexity index is 3370. The summed E-state index contributed by atoms with van der Waals surface area (Å²) in [5, 5.41) is 0. The van der Waals surface area contributed by atoms with Crippen LogP contribution in [0.25, 0.3) is 61.0 Å². The fourth-order valence-electron chi connectivity index (χ4n) is 10.7. The molecule has 0 fully saturated rings. The molecule has 0 unspecified atom stereocenters. The molecule has 3 aliphatic rings. The lowest BCUT2D eigenvalue weighted by Gasteiger charge is -2.36. The number of hydrogen-bond donors (Lipinski definition) is 2. The topological polar surface area (TPSA) is 145 Å². The molecule has 1 aliphatic carbocycles. The predicted octanol–water partition coefficient (Wildman–Crippen LogP) is 12.3. The monoisotopic (exact) mass is 934 g/mol. The highest BCUT2D eigenvalue weighted by atomic mass is 16.5. The molecule has 0 saturated carbocycles. The lowest BCUT2D eigenvalue weighted by molar-refractivity contribution is -0.149. The highest BCUT2D eigenvalue weighted by Gasteiger charge is 2.54. The summed E-state index contributed by atoms with van der Waals surface area (Å²) >= 11 is 0. The van der Waals surface area contributed by atoms with E-state index in [0.29, 0.717) is 42.0 Å². The van der Waals surface area contributed by atoms with Crippen LogP contribution in [0.3, 0.4) is 0 Å². The van der Waals surface area contributed by atoms with E-state index in [1.54, 1.807) is 13.2 Å².